The first kappa shape index (κ1) is 24.5. The topological polar surface area (TPSA) is 52.6 Å². The third-order valence-corrected chi connectivity index (χ3v) is 6.71. The molecule has 0 atom stereocenters. The van der Waals surface area contributed by atoms with E-state index in [1.54, 1.807) is 24.3 Å². The number of hydrogen-bond acceptors (Lipinski definition) is 3. The van der Waals surface area contributed by atoms with Crippen molar-refractivity contribution < 1.29 is 9.90 Å². The van der Waals surface area contributed by atoms with Gasteiger partial charge in [-0.15, -0.1) is 6.58 Å². The summed E-state index contributed by atoms with van der Waals surface area (Å²) in [6.07, 6.45) is 7.63. The summed E-state index contributed by atoms with van der Waals surface area (Å²) >= 11 is 5.99. The van der Waals surface area contributed by atoms with Gasteiger partial charge in [-0.3, -0.25) is 4.79 Å². The number of aliphatic hydroxyl groups is 1. The number of aliphatic hydroxyl groups excluding tert-OH is 1. The fourth-order valence-corrected chi connectivity index (χ4v) is 4.96. The van der Waals surface area contributed by atoms with Gasteiger partial charge in [0.15, 0.2) is 0 Å². The molecule has 5 heteroatoms. The molecule has 4 nitrogen and oxygen atoms in total. The Hall–Kier alpha value is -2.14. The van der Waals surface area contributed by atoms with Crippen LogP contribution in [0.2, 0.25) is 5.02 Å². The molecule has 172 valence electrons. The predicted molar refractivity (Wildman–Crippen MR) is 132 cm³/mol. The van der Waals surface area contributed by atoms with E-state index in [0.29, 0.717) is 23.0 Å². The molecule has 32 heavy (non-hydrogen) atoms. The minimum absolute atomic E-state index is 0.0501. The molecule has 1 aliphatic rings. The van der Waals surface area contributed by atoms with E-state index in [4.69, 9.17) is 16.7 Å². The van der Waals surface area contributed by atoms with Crippen LogP contribution < -0.4 is 5.32 Å². The van der Waals surface area contributed by atoms with Crippen molar-refractivity contribution in [3.63, 3.8) is 0 Å². The molecule has 0 spiro atoms. The van der Waals surface area contributed by atoms with E-state index in [9.17, 15) is 4.79 Å². The van der Waals surface area contributed by atoms with Crippen LogP contribution in [0, 0.1) is 0 Å². The normalized spacial score (nSPS) is 18.3. The predicted octanol–water partition coefficient (Wildman–Crippen LogP) is 5.34. The summed E-state index contributed by atoms with van der Waals surface area (Å²) in [4.78, 5) is 15.1. The molecule has 0 saturated heterocycles. The summed E-state index contributed by atoms with van der Waals surface area (Å²) in [5, 5.41) is 13.1. The molecule has 0 radical (unpaired) electrons. The average molecular weight is 455 g/mol. The molecule has 0 unspecified atom stereocenters. The van der Waals surface area contributed by atoms with Gasteiger partial charge < -0.3 is 15.3 Å². The molecular formula is C27H35ClN2O2. The van der Waals surface area contributed by atoms with Crippen LogP contribution in [0.15, 0.2) is 55.1 Å². The van der Waals surface area contributed by atoms with Gasteiger partial charge in [0.25, 0.3) is 5.91 Å². The van der Waals surface area contributed by atoms with E-state index < -0.39 is 0 Å². The lowest BCUT2D eigenvalue weighted by Gasteiger charge is -2.37. The lowest BCUT2D eigenvalue weighted by atomic mass is 9.79. The molecule has 1 fully saturated rings. The van der Waals surface area contributed by atoms with Gasteiger partial charge in [0.1, 0.15) is 0 Å². The number of carbonyl (C=O) groups is 1. The molecule has 0 bridgehead atoms. The Morgan fingerprint density at radius 3 is 2.53 bits per heavy atom. The summed E-state index contributed by atoms with van der Waals surface area (Å²) in [5.41, 5.74) is 4.73. The smallest absolute Gasteiger partial charge is 0.254 e. The molecule has 0 aliphatic heterocycles. The number of halogens is 1. The van der Waals surface area contributed by atoms with Crippen molar-refractivity contribution in [1.82, 2.24) is 10.2 Å². The number of amides is 1. The maximum Gasteiger partial charge on any atom is 0.254 e. The molecule has 2 aromatic carbocycles. The van der Waals surface area contributed by atoms with E-state index in [-0.39, 0.29) is 18.6 Å². The molecule has 2 aromatic rings. The van der Waals surface area contributed by atoms with Crippen LogP contribution in [0.5, 0.6) is 0 Å². The first-order valence-electron chi connectivity index (χ1n) is 11.6. The standard InChI is InChI=1S/C27H35ClN2O2/c1-3-16-30(27(32)22-7-11-24(28)12-8-22)25-13-9-21(10-14-25)26-15-6-20(5-4-17-31)18-23(26)19-29-2/h3,6-8,11-12,15,18,21,25,29,31H,1,4-5,9-10,13-14,16-17,19H2,2H3/t21-,25-. The Morgan fingerprint density at radius 2 is 1.91 bits per heavy atom. The minimum atomic E-state index is 0.0501. The fraction of sp³-hybridized carbons (Fsp3) is 0.444. The number of nitrogens with zero attached hydrogens (tertiary/aromatic N) is 1. The Bertz CT molecular complexity index is 889. The second-order valence-corrected chi connectivity index (χ2v) is 9.09. The summed E-state index contributed by atoms with van der Waals surface area (Å²) < 4.78 is 0. The Kier molecular flexibility index (Phi) is 9.34. The number of nitrogens with one attached hydrogen (secondary N) is 1. The zero-order valence-corrected chi connectivity index (χ0v) is 19.8. The number of hydrogen-bond donors (Lipinski definition) is 2. The van der Waals surface area contributed by atoms with Crippen molar-refractivity contribution in [2.45, 2.75) is 57.0 Å². The van der Waals surface area contributed by atoms with Crippen LogP contribution in [0.25, 0.3) is 0 Å². The van der Waals surface area contributed by atoms with Gasteiger partial charge >= 0.3 is 0 Å². The first-order chi connectivity index (χ1) is 15.6. The highest BCUT2D eigenvalue weighted by Gasteiger charge is 2.30. The van der Waals surface area contributed by atoms with Gasteiger partial charge in [-0.1, -0.05) is 35.9 Å². The van der Waals surface area contributed by atoms with Crippen LogP contribution in [-0.2, 0) is 13.0 Å². The molecule has 1 saturated carbocycles. The van der Waals surface area contributed by atoms with Gasteiger partial charge in [-0.25, -0.2) is 0 Å². The Morgan fingerprint density at radius 1 is 1.19 bits per heavy atom. The highest BCUT2D eigenvalue weighted by atomic mass is 35.5. The number of carbonyl (C=O) groups excluding carboxylic acids is 1. The van der Waals surface area contributed by atoms with Crippen LogP contribution in [0.4, 0.5) is 0 Å². The second-order valence-electron chi connectivity index (χ2n) is 8.65. The van der Waals surface area contributed by atoms with Crippen molar-refractivity contribution in [1.29, 1.82) is 0 Å². The summed E-state index contributed by atoms with van der Waals surface area (Å²) in [6, 6.07) is 14.2. The van der Waals surface area contributed by atoms with Gasteiger partial charge in [0.2, 0.25) is 0 Å². The van der Waals surface area contributed by atoms with Gasteiger partial charge in [-0.2, -0.15) is 0 Å². The van der Waals surface area contributed by atoms with E-state index in [0.717, 1.165) is 45.1 Å². The molecule has 0 aromatic heterocycles. The number of rotatable bonds is 10. The monoisotopic (exact) mass is 454 g/mol. The summed E-state index contributed by atoms with van der Waals surface area (Å²) in [6.45, 7) is 5.50. The van der Waals surface area contributed by atoms with Crippen molar-refractivity contribution in [2.75, 3.05) is 20.2 Å². The third-order valence-electron chi connectivity index (χ3n) is 6.45. The highest BCUT2D eigenvalue weighted by Crippen LogP contribution is 2.37. The largest absolute Gasteiger partial charge is 0.396 e. The van der Waals surface area contributed by atoms with Crippen molar-refractivity contribution in [2.24, 2.45) is 0 Å². The minimum Gasteiger partial charge on any atom is -0.396 e. The summed E-state index contributed by atoms with van der Waals surface area (Å²) in [5.74, 6) is 0.562. The number of aryl methyl sites for hydroxylation is 1. The van der Waals surface area contributed by atoms with E-state index in [2.05, 4.69) is 30.1 Å². The third kappa shape index (κ3) is 6.22. The van der Waals surface area contributed by atoms with Crippen LogP contribution in [0.1, 0.15) is 65.1 Å². The van der Waals surface area contributed by atoms with Gasteiger partial charge in [0, 0.05) is 36.3 Å². The maximum absolute atomic E-state index is 13.2. The quantitative estimate of drug-likeness (QED) is 0.476. The lowest BCUT2D eigenvalue weighted by Crippen LogP contribution is -2.42. The fourth-order valence-electron chi connectivity index (χ4n) is 4.83. The SMILES string of the molecule is C=CCN(C(=O)c1ccc(Cl)cc1)[C@H]1CC[C@H](c2ccc(CCCO)cc2CNC)CC1. The van der Waals surface area contributed by atoms with E-state index >= 15 is 0 Å². The molecule has 0 heterocycles. The zero-order valence-electron chi connectivity index (χ0n) is 19.0. The lowest BCUT2D eigenvalue weighted by molar-refractivity contribution is 0.0655. The van der Waals surface area contributed by atoms with Crippen molar-refractivity contribution in [3.8, 4) is 0 Å². The van der Waals surface area contributed by atoms with Crippen molar-refractivity contribution in [3.05, 3.63) is 82.4 Å². The molecular weight excluding hydrogens is 420 g/mol. The van der Waals surface area contributed by atoms with Crippen LogP contribution in [0.3, 0.4) is 0 Å². The molecule has 2 N–H and O–H groups in total. The Balaban J connectivity index is 1.70. The highest BCUT2D eigenvalue weighted by molar-refractivity contribution is 6.30. The number of benzene rings is 2. The molecule has 1 aliphatic carbocycles. The Labute approximate surface area is 197 Å². The maximum atomic E-state index is 13.2. The van der Waals surface area contributed by atoms with Crippen LogP contribution >= 0.6 is 11.6 Å². The average Bonchev–Trinajstić information content (AvgIpc) is 2.82. The summed E-state index contributed by atoms with van der Waals surface area (Å²) in [7, 11) is 1.98. The second kappa shape index (κ2) is 12.2. The van der Waals surface area contributed by atoms with E-state index in [1.807, 2.05) is 18.0 Å². The van der Waals surface area contributed by atoms with Crippen molar-refractivity contribution >= 4 is 17.5 Å². The van der Waals surface area contributed by atoms with E-state index in [1.165, 1.54) is 16.7 Å². The molecule has 1 amide bonds. The van der Waals surface area contributed by atoms with Gasteiger partial charge in [0.05, 0.1) is 0 Å². The van der Waals surface area contributed by atoms with Gasteiger partial charge in [-0.05, 0) is 92.4 Å². The zero-order chi connectivity index (χ0) is 22.9. The van der Waals surface area contributed by atoms with Crippen LogP contribution in [-0.4, -0.2) is 42.2 Å². The molecule has 3 rings (SSSR count). The first-order valence-corrected chi connectivity index (χ1v) is 12.0.